The monoisotopic (exact) mass is 682 g/mol. The summed E-state index contributed by atoms with van der Waals surface area (Å²) in [7, 11) is 1.48. The summed E-state index contributed by atoms with van der Waals surface area (Å²) in [6.45, 7) is 5.17. The maximum atomic E-state index is 13.4. The normalized spacial score (nSPS) is 29.2. The molecule has 2 bridgehead atoms. The van der Waals surface area contributed by atoms with E-state index in [0.29, 0.717) is 18.4 Å². The number of ether oxygens (including phenoxy) is 2. The standard InChI is InChI=1S/C37H50N2O8S/c1-23-15-14-18-27-21-29(40)35(48-5)32(34(27)43)39-31(41)22-28(46-4)19-12-7-6-8-13-20-30(24(2)33(23)42)47-37(45)25(3)38-36(44)26-16-10-9-11-17-26/h6-8,12-13,15,19,21,24-26,28,30,33,42H,9-11,14,16-18,20,22H2,1-5H3,(H,38,44)(H,39,41)/b7-6+,13-8+,19-12+,23-15-/t24-,25+,28-,30-,33-/m0/s1. The SMILES string of the molecule is CO[C@H]1/C=C/C=C/C=C/C[C@H](OC(=O)[C@@H](C)NC(=O)C2CCCCC2)[C@H](C)[C@@H](O)/C(C)=C\CCC2=CC(=O)C(SC)=C(NC(=O)C1)C2=O. The van der Waals surface area contributed by atoms with Crippen molar-refractivity contribution in [1.82, 2.24) is 10.6 Å². The van der Waals surface area contributed by atoms with Crippen molar-refractivity contribution in [3.05, 3.63) is 70.4 Å². The Morgan fingerprint density at radius 3 is 2.48 bits per heavy atom. The first-order valence-corrected chi connectivity index (χ1v) is 17.9. The molecule has 11 heteroatoms. The number of carbonyl (C=O) groups is 5. The van der Waals surface area contributed by atoms with Crippen LogP contribution in [0, 0.1) is 11.8 Å². The van der Waals surface area contributed by atoms with Crippen LogP contribution in [0.2, 0.25) is 0 Å². The fourth-order valence-corrected chi connectivity index (χ4v) is 6.57. The van der Waals surface area contributed by atoms with Gasteiger partial charge in [0.25, 0.3) is 0 Å². The van der Waals surface area contributed by atoms with Crippen LogP contribution in [0.15, 0.2) is 70.4 Å². The number of fused-ring (bicyclic) bond motifs is 2. The van der Waals surface area contributed by atoms with Crippen LogP contribution in [0.1, 0.15) is 78.6 Å². The number of allylic oxidation sites excluding steroid dienone is 8. The van der Waals surface area contributed by atoms with E-state index >= 15 is 0 Å². The van der Waals surface area contributed by atoms with Crippen molar-refractivity contribution in [1.29, 1.82) is 0 Å². The summed E-state index contributed by atoms with van der Waals surface area (Å²) in [5, 5.41) is 16.8. The zero-order chi connectivity index (χ0) is 35.2. The molecule has 3 rings (SSSR count). The third-order valence-corrected chi connectivity index (χ3v) is 9.80. The van der Waals surface area contributed by atoms with E-state index < -0.39 is 47.9 Å². The molecule has 262 valence electrons. The van der Waals surface area contributed by atoms with Crippen molar-refractivity contribution >= 4 is 41.1 Å². The fraction of sp³-hybridized carbons (Fsp3) is 0.541. The highest BCUT2D eigenvalue weighted by Crippen LogP contribution is 2.29. The Morgan fingerprint density at radius 2 is 1.79 bits per heavy atom. The Bertz CT molecular complexity index is 1390. The van der Waals surface area contributed by atoms with Gasteiger partial charge in [0.15, 0.2) is 5.78 Å². The van der Waals surface area contributed by atoms with Gasteiger partial charge in [-0.25, -0.2) is 4.79 Å². The lowest BCUT2D eigenvalue weighted by molar-refractivity contribution is -0.156. The first-order chi connectivity index (χ1) is 23.0. The number of thioether (sulfide) groups is 1. The minimum absolute atomic E-state index is 0.0343. The summed E-state index contributed by atoms with van der Waals surface area (Å²) >= 11 is 1.10. The molecule has 10 nitrogen and oxygen atoms in total. The van der Waals surface area contributed by atoms with Crippen LogP contribution in [-0.2, 0) is 33.4 Å². The highest BCUT2D eigenvalue weighted by molar-refractivity contribution is 8.03. The second-order valence-electron chi connectivity index (χ2n) is 12.6. The molecule has 0 saturated heterocycles. The number of hydrogen-bond acceptors (Lipinski definition) is 9. The molecule has 3 aliphatic rings. The first-order valence-electron chi connectivity index (χ1n) is 16.7. The average Bonchev–Trinajstić information content (AvgIpc) is 3.07. The van der Waals surface area contributed by atoms with E-state index in [1.807, 2.05) is 6.08 Å². The van der Waals surface area contributed by atoms with Crippen molar-refractivity contribution in [3.8, 4) is 0 Å². The second kappa shape index (κ2) is 19.5. The van der Waals surface area contributed by atoms with E-state index in [4.69, 9.17) is 9.47 Å². The van der Waals surface area contributed by atoms with Crippen LogP contribution in [0.4, 0.5) is 0 Å². The molecule has 3 N–H and O–H groups in total. The molecular formula is C37H50N2O8S. The summed E-state index contributed by atoms with van der Waals surface area (Å²) in [5.74, 6) is -2.54. The lowest BCUT2D eigenvalue weighted by Gasteiger charge is -2.29. The van der Waals surface area contributed by atoms with Crippen LogP contribution in [0.25, 0.3) is 0 Å². The number of ketones is 2. The van der Waals surface area contributed by atoms with E-state index in [0.717, 1.165) is 43.9 Å². The van der Waals surface area contributed by atoms with Gasteiger partial charge in [-0.05, 0) is 57.4 Å². The average molecular weight is 683 g/mol. The van der Waals surface area contributed by atoms with Crippen LogP contribution in [0.5, 0.6) is 0 Å². The van der Waals surface area contributed by atoms with Crippen molar-refractivity contribution in [3.63, 3.8) is 0 Å². The molecule has 0 radical (unpaired) electrons. The summed E-state index contributed by atoms with van der Waals surface area (Å²) in [4.78, 5) is 65.3. The van der Waals surface area contributed by atoms with Gasteiger partial charge >= 0.3 is 5.97 Å². The van der Waals surface area contributed by atoms with Crippen LogP contribution < -0.4 is 10.6 Å². The number of aliphatic hydroxyl groups excluding tert-OH is 1. The molecule has 2 amide bonds. The molecule has 1 heterocycles. The van der Waals surface area contributed by atoms with Gasteiger partial charge in [-0.15, -0.1) is 11.8 Å². The maximum Gasteiger partial charge on any atom is 0.328 e. The molecule has 1 fully saturated rings. The van der Waals surface area contributed by atoms with E-state index in [1.54, 1.807) is 63.5 Å². The van der Waals surface area contributed by atoms with Crippen LogP contribution in [-0.4, -0.2) is 72.2 Å². The highest BCUT2D eigenvalue weighted by Gasteiger charge is 2.32. The van der Waals surface area contributed by atoms with E-state index in [9.17, 15) is 29.1 Å². The number of aliphatic hydroxyl groups is 1. The summed E-state index contributed by atoms with van der Waals surface area (Å²) < 4.78 is 11.3. The Labute approximate surface area is 288 Å². The minimum atomic E-state index is -0.975. The summed E-state index contributed by atoms with van der Waals surface area (Å²) in [6.07, 6.45) is 18.7. The molecule has 5 atom stereocenters. The Balaban J connectivity index is 1.83. The zero-order valence-corrected chi connectivity index (χ0v) is 29.5. The Hall–Kier alpha value is -3.54. The fourth-order valence-electron chi connectivity index (χ4n) is 5.96. The summed E-state index contributed by atoms with van der Waals surface area (Å²) in [6, 6.07) is -0.843. The van der Waals surface area contributed by atoms with Gasteiger partial charge in [0.05, 0.1) is 23.5 Å². The van der Waals surface area contributed by atoms with Crippen molar-refractivity contribution in [2.75, 3.05) is 13.4 Å². The Morgan fingerprint density at radius 1 is 1.08 bits per heavy atom. The molecule has 48 heavy (non-hydrogen) atoms. The number of nitrogens with one attached hydrogen (secondary N) is 2. The van der Waals surface area contributed by atoms with Gasteiger partial charge in [0.1, 0.15) is 17.8 Å². The maximum absolute atomic E-state index is 13.4. The smallest absolute Gasteiger partial charge is 0.328 e. The molecule has 0 unspecified atom stereocenters. The molecule has 0 aromatic rings. The third-order valence-electron chi connectivity index (χ3n) is 8.98. The predicted molar refractivity (Wildman–Crippen MR) is 186 cm³/mol. The molecule has 0 aromatic heterocycles. The second-order valence-corrected chi connectivity index (χ2v) is 13.4. The quantitative estimate of drug-likeness (QED) is 0.201. The van der Waals surface area contributed by atoms with Crippen molar-refractivity contribution in [2.24, 2.45) is 11.8 Å². The van der Waals surface area contributed by atoms with E-state index in [1.165, 1.54) is 13.2 Å². The van der Waals surface area contributed by atoms with Crippen LogP contribution in [0.3, 0.4) is 0 Å². The molecule has 2 aliphatic carbocycles. The molecule has 1 saturated carbocycles. The summed E-state index contributed by atoms with van der Waals surface area (Å²) in [5.41, 5.74) is 0.852. The zero-order valence-electron chi connectivity index (χ0n) is 28.7. The number of carbonyl (C=O) groups excluding carboxylic acids is 5. The van der Waals surface area contributed by atoms with Crippen molar-refractivity contribution in [2.45, 2.75) is 103 Å². The topological polar surface area (TPSA) is 148 Å². The predicted octanol–water partition coefficient (Wildman–Crippen LogP) is 4.95. The highest BCUT2D eigenvalue weighted by atomic mass is 32.2. The van der Waals surface area contributed by atoms with Gasteiger partial charge in [-0.2, -0.15) is 0 Å². The number of Topliss-reactive ketones (excluding diaryl/α,β-unsaturated/α-hetero) is 1. The number of methoxy groups -OCH3 is 1. The number of hydrogen-bond donors (Lipinski definition) is 3. The van der Waals surface area contributed by atoms with E-state index in [2.05, 4.69) is 10.6 Å². The molecule has 1 aliphatic heterocycles. The first kappa shape index (κ1) is 38.9. The molecule has 0 spiro atoms. The van der Waals surface area contributed by atoms with E-state index in [-0.39, 0.29) is 46.6 Å². The molecule has 0 aromatic carbocycles. The van der Waals surface area contributed by atoms with Crippen molar-refractivity contribution < 1.29 is 38.6 Å². The largest absolute Gasteiger partial charge is 0.460 e. The van der Waals surface area contributed by atoms with Gasteiger partial charge in [0, 0.05) is 30.9 Å². The lowest BCUT2D eigenvalue weighted by Crippen LogP contribution is -2.45. The van der Waals surface area contributed by atoms with Crippen LogP contribution >= 0.6 is 11.8 Å². The number of amides is 2. The lowest BCUT2D eigenvalue weighted by atomic mass is 9.88. The number of rotatable bonds is 6. The molecular weight excluding hydrogens is 632 g/mol. The van der Waals surface area contributed by atoms with Gasteiger partial charge in [0.2, 0.25) is 17.6 Å². The Kier molecular flexibility index (Phi) is 15.8. The van der Waals surface area contributed by atoms with Gasteiger partial charge < -0.3 is 25.2 Å². The minimum Gasteiger partial charge on any atom is -0.460 e. The van der Waals surface area contributed by atoms with Gasteiger partial charge in [-0.1, -0.05) is 68.7 Å². The number of esters is 1. The van der Waals surface area contributed by atoms with Gasteiger partial charge in [-0.3, -0.25) is 19.2 Å². The third kappa shape index (κ3) is 11.3.